The highest BCUT2D eigenvalue weighted by Gasteiger charge is 2.21. The molecule has 8 heteroatoms. The maximum atomic E-state index is 5.55. The molecule has 4 rings (SSSR count). The standard InChI is InChI=1S/C18H19N3O4S/c1-22-15-8-12-5-6-20(10-13(12)9-16(15)23-2)11-21-18(26)25-17(19-21)14-4-3-7-24-14/h3-4,7-9H,5-6,10-11H2,1-2H3. The fraction of sp³-hybridized carbons (Fsp3) is 0.333. The van der Waals surface area contributed by atoms with E-state index in [1.54, 1.807) is 37.3 Å². The van der Waals surface area contributed by atoms with Crippen molar-refractivity contribution in [2.24, 2.45) is 0 Å². The summed E-state index contributed by atoms with van der Waals surface area (Å²) in [4.78, 5) is 2.59. The SMILES string of the molecule is COc1cc2c(cc1OC)CN(Cn1nc(-c3ccco3)oc1=S)CC2. The van der Waals surface area contributed by atoms with Gasteiger partial charge in [0, 0.05) is 13.1 Å². The van der Waals surface area contributed by atoms with Crippen molar-refractivity contribution in [1.82, 2.24) is 14.7 Å². The monoisotopic (exact) mass is 373 g/mol. The topological polar surface area (TPSA) is 65.8 Å². The summed E-state index contributed by atoms with van der Waals surface area (Å²) >= 11 is 5.29. The predicted molar refractivity (Wildman–Crippen MR) is 96.7 cm³/mol. The zero-order valence-electron chi connectivity index (χ0n) is 14.6. The average Bonchev–Trinajstić information content (AvgIpc) is 3.31. The minimum Gasteiger partial charge on any atom is -0.493 e. The van der Waals surface area contributed by atoms with E-state index in [0.717, 1.165) is 31.0 Å². The van der Waals surface area contributed by atoms with E-state index in [9.17, 15) is 0 Å². The van der Waals surface area contributed by atoms with E-state index in [0.29, 0.717) is 23.2 Å². The van der Waals surface area contributed by atoms with E-state index in [1.807, 2.05) is 6.07 Å². The molecular weight excluding hydrogens is 354 g/mol. The highest BCUT2D eigenvalue weighted by Crippen LogP contribution is 2.33. The number of nitrogens with zero attached hydrogens (tertiary/aromatic N) is 3. The van der Waals surface area contributed by atoms with Crippen LogP contribution in [0.1, 0.15) is 11.1 Å². The van der Waals surface area contributed by atoms with E-state index in [1.165, 1.54) is 11.1 Å². The van der Waals surface area contributed by atoms with E-state index in [4.69, 9.17) is 30.5 Å². The maximum Gasteiger partial charge on any atom is 0.288 e. The number of rotatable bonds is 5. The molecule has 0 fully saturated rings. The van der Waals surface area contributed by atoms with Gasteiger partial charge in [0.25, 0.3) is 10.7 Å². The minimum absolute atomic E-state index is 0.328. The highest BCUT2D eigenvalue weighted by molar-refractivity contribution is 7.71. The maximum absolute atomic E-state index is 5.55. The molecule has 0 atom stereocenters. The molecule has 0 saturated heterocycles. The van der Waals surface area contributed by atoms with Crippen molar-refractivity contribution < 1.29 is 18.3 Å². The molecule has 7 nitrogen and oxygen atoms in total. The average molecular weight is 373 g/mol. The van der Waals surface area contributed by atoms with Crippen molar-refractivity contribution in [2.45, 2.75) is 19.6 Å². The van der Waals surface area contributed by atoms with Crippen LogP contribution in [0.2, 0.25) is 0 Å². The van der Waals surface area contributed by atoms with Crippen molar-refractivity contribution in [1.29, 1.82) is 0 Å². The quantitative estimate of drug-likeness (QED) is 0.634. The summed E-state index contributed by atoms with van der Waals surface area (Å²) in [5.41, 5.74) is 2.49. The molecule has 3 heterocycles. The van der Waals surface area contributed by atoms with Crippen molar-refractivity contribution >= 4 is 12.2 Å². The number of furan rings is 1. The summed E-state index contributed by atoms with van der Waals surface area (Å²) in [6, 6.07) is 7.68. The van der Waals surface area contributed by atoms with Crippen molar-refractivity contribution in [3.63, 3.8) is 0 Å². The van der Waals surface area contributed by atoms with Crippen molar-refractivity contribution in [3.8, 4) is 23.1 Å². The second-order valence-electron chi connectivity index (χ2n) is 6.07. The summed E-state index contributed by atoms with van der Waals surface area (Å²) in [6.07, 6.45) is 2.50. The Hall–Kier alpha value is -2.58. The zero-order chi connectivity index (χ0) is 18.1. The minimum atomic E-state index is 0.328. The van der Waals surface area contributed by atoms with Gasteiger partial charge in [-0.05, 0) is 54.0 Å². The molecule has 0 spiro atoms. The Bertz CT molecular complexity index is 961. The Labute approximate surface area is 155 Å². The van der Waals surface area contributed by atoms with Crippen LogP contribution in [-0.4, -0.2) is 35.4 Å². The normalized spacial score (nSPS) is 14.2. The molecule has 0 amide bonds. The molecule has 0 unspecified atom stereocenters. The number of hydrogen-bond acceptors (Lipinski definition) is 7. The first-order valence-electron chi connectivity index (χ1n) is 8.26. The third kappa shape index (κ3) is 3.13. The zero-order valence-corrected chi connectivity index (χ0v) is 15.4. The van der Waals surface area contributed by atoms with Gasteiger partial charge in [0.05, 0.1) is 27.2 Å². The summed E-state index contributed by atoms with van der Waals surface area (Å²) < 4.78 is 23.3. The first-order valence-corrected chi connectivity index (χ1v) is 8.66. The first-order chi connectivity index (χ1) is 12.7. The van der Waals surface area contributed by atoms with Crippen LogP contribution in [0.4, 0.5) is 0 Å². The van der Waals surface area contributed by atoms with E-state index >= 15 is 0 Å². The number of aromatic nitrogens is 2. The van der Waals surface area contributed by atoms with E-state index in [-0.39, 0.29) is 0 Å². The molecule has 0 aliphatic carbocycles. The third-order valence-corrected chi connectivity index (χ3v) is 4.76. The molecule has 2 aromatic heterocycles. The van der Waals surface area contributed by atoms with Gasteiger partial charge in [-0.15, -0.1) is 5.10 Å². The summed E-state index contributed by atoms with van der Waals surface area (Å²) in [6.45, 7) is 2.23. The van der Waals surface area contributed by atoms with Gasteiger partial charge in [0.1, 0.15) is 0 Å². The summed E-state index contributed by atoms with van der Waals surface area (Å²) in [5.74, 6) is 2.47. The van der Waals surface area contributed by atoms with Crippen molar-refractivity contribution in [2.75, 3.05) is 20.8 Å². The number of ether oxygens (including phenoxy) is 2. The number of benzene rings is 1. The molecule has 1 aliphatic heterocycles. The molecule has 1 aliphatic rings. The van der Waals surface area contributed by atoms with Gasteiger partial charge in [-0.1, -0.05) is 0 Å². The molecule has 1 aromatic carbocycles. The third-order valence-electron chi connectivity index (χ3n) is 4.47. The lowest BCUT2D eigenvalue weighted by molar-refractivity contribution is 0.185. The Morgan fingerprint density at radius 3 is 2.65 bits per heavy atom. The van der Waals surface area contributed by atoms with Crippen LogP contribution in [0.3, 0.4) is 0 Å². The lowest BCUT2D eigenvalue weighted by Crippen LogP contribution is -2.32. The van der Waals surface area contributed by atoms with Gasteiger partial charge in [-0.25, -0.2) is 4.68 Å². The predicted octanol–water partition coefficient (Wildman–Crippen LogP) is 3.50. The lowest BCUT2D eigenvalue weighted by Gasteiger charge is -2.29. The number of hydrogen-bond donors (Lipinski definition) is 0. The molecule has 0 N–H and O–H groups in total. The van der Waals surface area contributed by atoms with Crippen molar-refractivity contribution in [3.05, 3.63) is 46.5 Å². The Morgan fingerprint density at radius 1 is 1.19 bits per heavy atom. The van der Waals surface area contributed by atoms with Gasteiger partial charge >= 0.3 is 0 Å². The second-order valence-corrected chi connectivity index (χ2v) is 6.42. The molecule has 136 valence electrons. The Morgan fingerprint density at radius 2 is 1.96 bits per heavy atom. The van der Waals surface area contributed by atoms with E-state index in [2.05, 4.69) is 16.1 Å². The number of fused-ring (bicyclic) bond motifs is 1. The molecule has 26 heavy (non-hydrogen) atoms. The van der Waals surface area contributed by atoms with Crippen LogP contribution < -0.4 is 9.47 Å². The number of methoxy groups -OCH3 is 2. The van der Waals surface area contributed by atoms with Crippen LogP contribution >= 0.6 is 12.2 Å². The van der Waals surface area contributed by atoms with Gasteiger partial charge in [0.2, 0.25) is 0 Å². The fourth-order valence-electron chi connectivity index (χ4n) is 3.15. The first kappa shape index (κ1) is 16.9. The molecule has 3 aromatic rings. The lowest BCUT2D eigenvalue weighted by atomic mass is 9.99. The smallest absolute Gasteiger partial charge is 0.288 e. The van der Waals surface area contributed by atoms with Gasteiger partial charge in [-0.3, -0.25) is 4.90 Å². The summed E-state index contributed by atoms with van der Waals surface area (Å²) in [5, 5.41) is 4.43. The van der Waals surface area contributed by atoms with E-state index < -0.39 is 0 Å². The summed E-state index contributed by atoms with van der Waals surface area (Å²) in [7, 11) is 3.30. The van der Waals surface area contributed by atoms with Crippen LogP contribution in [0.15, 0.2) is 39.4 Å². The van der Waals surface area contributed by atoms with Crippen LogP contribution in [0.25, 0.3) is 11.7 Å². The molecule has 0 radical (unpaired) electrons. The highest BCUT2D eigenvalue weighted by atomic mass is 32.1. The largest absolute Gasteiger partial charge is 0.493 e. The van der Waals surface area contributed by atoms with Crippen LogP contribution in [-0.2, 0) is 19.6 Å². The van der Waals surface area contributed by atoms with Gasteiger partial charge in [-0.2, -0.15) is 0 Å². The van der Waals surface area contributed by atoms with Gasteiger partial charge in [0.15, 0.2) is 17.3 Å². The Kier molecular flexibility index (Phi) is 4.52. The molecule has 0 saturated carbocycles. The Balaban J connectivity index is 1.54. The molecular formula is C18H19N3O4S. The van der Waals surface area contributed by atoms with Crippen LogP contribution in [0, 0.1) is 4.84 Å². The van der Waals surface area contributed by atoms with Gasteiger partial charge < -0.3 is 18.3 Å². The second kappa shape index (κ2) is 6.97. The molecule has 0 bridgehead atoms. The van der Waals surface area contributed by atoms with Crippen LogP contribution in [0.5, 0.6) is 11.5 Å². The fourth-order valence-corrected chi connectivity index (χ4v) is 3.32.